The predicted octanol–water partition coefficient (Wildman–Crippen LogP) is 11.4. The van der Waals surface area contributed by atoms with Crippen molar-refractivity contribution in [3.05, 3.63) is 133 Å². The molecule has 4 aromatic heterocycles. The molecule has 0 aliphatic heterocycles. The first-order valence-corrected chi connectivity index (χ1v) is 16.9. The monoisotopic (exact) mass is 638 g/mol. The molecule has 0 aliphatic carbocycles. The van der Waals surface area contributed by atoms with Gasteiger partial charge in [-0.05, 0) is 48.5 Å². The van der Waals surface area contributed by atoms with Crippen LogP contribution in [0.4, 0.5) is 0 Å². The smallest absolute Gasteiger partial charge is 0.164 e. The summed E-state index contributed by atoms with van der Waals surface area (Å²) in [6.45, 7) is 0. The van der Waals surface area contributed by atoms with Gasteiger partial charge in [0.25, 0.3) is 0 Å². The Labute approximate surface area is 276 Å². The molecule has 0 saturated carbocycles. The first-order valence-electron chi connectivity index (χ1n) is 15.3. The number of furan rings is 1. The number of benzene rings is 6. The molecule has 0 bridgehead atoms. The molecule has 0 fully saturated rings. The van der Waals surface area contributed by atoms with Crippen LogP contribution in [-0.4, -0.2) is 19.9 Å². The maximum absolute atomic E-state index is 6.12. The summed E-state index contributed by atoms with van der Waals surface area (Å²) in [6, 6.07) is 45.6. The van der Waals surface area contributed by atoms with Crippen LogP contribution >= 0.6 is 22.7 Å². The number of thiazole rings is 1. The molecule has 10 aromatic rings. The third-order valence-corrected chi connectivity index (χ3v) is 10.8. The van der Waals surface area contributed by atoms with Crippen molar-refractivity contribution in [2.24, 2.45) is 0 Å². The van der Waals surface area contributed by atoms with E-state index in [0.717, 1.165) is 60.1 Å². The van der Waals surface area contributed by atoms with Crippen molar-refractivity contribution in [3.8, 4) is 44.7 Å². The van der Waals surface area contributed by atoms with E-state index in [9.17, 15) is 0 Å². The van der Waals surface area contributed by atoms with Gasteiger partial charge in [0.2, 0.25) is 0 Å². The molecule has 10 rings (SSSR count). The van der Waals surface area contributed by atoms with Crippen molar-refractivity contribution in [1.29, 1.82) is 0 Å². The van der Waals surface area contributed by atoms with Crippen LogP contribution in [0.5, 0.6) is 0 Å². The van der Waals surface area contributed by atoms with Crippen LogP contribution in [0.1, 0.15) is 0 Å². The highest BCUT2D eigenvalue weighted by Gasteiger charge is 2.20. The molecule has 0 amide bonds. The molecule has 0 saturated heterocycles. The lowest BCUT2D eigenvalue weighted by atomic mass is 10.0. The van der Waals surface area contributed by atoms with Crippen LogP contribution < -0.4 is 0 Å². The van der Waals surface area contributed by atoms with E-state index in [2.05, 4.69) is 66.7 Å². The summed E-state index contributed by atoms with van der Waals surface area (Å²) in [4.78, 5) is 20.4. The minimum absolute atomic E-state index is 0.615. The molecule has 0 atom stereocenters. The van der Waals surface area contributed by atoms with Gasteiger partial charge in [-0.2, -0.15) is 0 Å². The fraction of sp³-hybridized carbons (Fsp3) is 0. The van der Waals surface area contributed by atoms with Gasteiger partial charge in [0.05, 0.1) is 10.2 Å². The zero-order valence-electron chi connectivity index (χ0n) is 24.7. The van der Waals surface area contributed by atoms with Gasteiger partial charge >= 0.3 is 0 Å². The first kappa shape index (κ1) is 26.5. The Morgan fingerprint density at radius 2 is 1.09 bits per heavy atom. The van der Waals surface area contributed by atoms with Crippen LogP contribution in [-0.2, 0) is 0 Å². The number of hydrogen-bond donors (Lipinski definition) is 0. The molecule has 0 radical (unpaired) electrons. The maximum Gasteiger partial charge on any atom is 0.164 e. The van der Waals surface area contributed by atoms with E-state index in [1.807, 2.05) is 66.7 Å². The lowest BCUT2D eigenvalue weighted by molar-refractivity contribution is 0.669. The average molecular weight is 639 g/mol. The molecule has 4 heterocycles. The lowest BCUT2D eigenvalue weighted by Crippen LogP contribution is -2.00. The molecular weight excluding hydrogens is 617 g/mol. The van der Waals surface area contributed by atoms with Gasteiger partial charge < -0.3 is 4.42 Å². The normalized spacial score (nSPS) is 11.8. The van der Waals surface area contributed by atoms with Crippen LogP contribution in [0, 0.1) is 0 Å². The second kappa shape index (κ2) is 10.4. The van der Waals surface area contributed by atoms with Crippen LogP contribution in [0.3, 0.4) is 0 Å². The van der Waals surface area contributed by atoms with Gasteiger partial charge in [0, 0.05) is 53.2 Å². The van der Waals surface area contributed by atoms with Crippen molar-refractivity contribution >= 4 is 75.0 Å². The van der Waals surface area contributed by atoms with Crippen LogP contribution in [0.25, 0.3) is 97.1 Å². The number of hydrogen-bond acceptors (Lipinski definition) is 7. The number of aromatic nitrogens is 4. The Hall–Kier alpha value is -5.76. The molecule has 0 aliphatic rings. The third kappa shape index (κ3) is 4.28. The number of thiophene rings is 1. The standard InChI is InChI=1S/C40H22N4OS2/c1-2-10-23(11-3-1)37-42-38(24-20-21-31-28(22-24)25-12-4-6-16-30(25)45-31)44-39(43-37)26-13-8-18-33-35(26)36-27(14-9-19-34(36)46-33)40-41-29-15-5-7-17-32(29)47-40/h1-22H. The molecule has 5 nitrogen and oxygen atoms in total. The van der Waals surface area contributed by atoms with Crippen molar-refractivity contribution in [2.45, 2.75) is 0 Å². The fourth-order valence-corrected chi connectivity index (χ4v) is 8.58. The van der Waals surface area contributed by atoms with Crippen molar-refractivity contribution in [3.63, 3.8) is 0 Å². The number of rotatable bonds is 4. The van der Waals surface area contributed by atoms with Crippen molar-refractivity contribution in [1.82, 2.24) is 19.9 Å². The van der Waals surface area contributed by atoms with E-state index in [1.165, 1.54) is 19.5 Å². The molecule has 0 spiro atoms. The predicted molar refractivity (Wildman–Crippen MR) is 195 cm³/mol. The number of fused-ring (bicyclic) bond motifs is 7. The van der Waals surface area contributed by atoms with E-state index >= 15 is 0 Å². The Morgan fingerprint density at radius 3 is 1.94 bits per heavy atom. The van der Waals surface area contributed by atoms with Gasteiger partial charge in [-0.1, -0.05) is 84.9 Å². The summed E-state index contributed by atoms with van der Waals surface area (Å²) in [5.74, 6) is 1.88. The van der Waals surface area contributed by atoms with Gasteiger partial charge in [0.15, 0.2) is 17.5 Å². The molecule has 0 unspecified atom stereocenters. The third-order valence-electron chi connectivity index (χ3n) is 8.59. The van der Waals surface area contributed by atoms with Crippen molar-refractivity contribution in [2.75, 3.05) is 0 Å². The molecule has 47 heavy (non-hydrogen) atoms. The second-order valence-corrected chi connectivity index (χ2v) is 13.5. The molecular formula is C40H22N4OS2. The summed E-state index contributed by atoms with van der Waals surface area (Å²) >= 11 is 3.51. The number of para-hydroxylation sites is 2. The maximum atomic E-state index is 6.12. The summed E-state index contributed by atoms with van der Waals surface area (Å²) < 4.78 is 9.69. The first-order chi connectivity index (χ1) is 23.3. The summed E-state index contributed by atoms with van der Waals surface area (Å²) in [6.07, 6.45) is 0. The lowest BCUT2D eigenvalue weighted by Gasteiger charge is -2.10. The minimum atomic E-state index is 0.615. The second-order valence-electron chi connectivity index (χ2n) is 11.4. The summed E-state index contributed by atoms with van der Waals surface area (Å²) in [7, 11) is 0. The Kier molecular flexibility index (Phi) is 5.85. The van der Waals surface area contributed by atoms with E-state index in [1.54, 1.807) is 22.7 Å². The van der Waals surface area contributed by atoms with E-state index < -0.39 is 0 Å². The molecule has 220 valence electrons. The van der Waals surface area contributed by atoms with Gasteiger partial charge in [-0.25, -0.2) is 19.9 Å². The largest absolute Gasteiger partial charge is 0.456 e. The highest BCUT2D eigenvalue weighted by Crippen LogP contribution is 2.45. The van der Waals surface area contributed by atoms with E-state index in [-0.39, 0.29) is 0 Å². The van der Waals surface area contributed by atoms with E-state index in [4.69, 9.17) is 24.4 Å². The SMILES string of the molecule is c1ccc(-c2nc(-c3ccc4oc5ccccc5c4c3)nc(-c3cccc4sc5cccc(-c6nc7ccccc7s6)c5c34)n2)cc1. The highest BCUT2D eigenvalue weighted by atomic mass is 32.1. The molecule has 7 heteroatoms. The fourth-order valence-electron chi connectivity index (χ4n) is 6.43. The molecule has 0 N–H and O–H groups in total. The Balaban J connectivity index is 1.23. The average Bonchev–Trinajstić information content (AvgIpc) is 3.84. The van der Waals surface area contributed by atoms with Crippen LogP contribution in [0.2, 0.25) is 0 Å². The number of nitrogens with zero attached hydrogens (tertiary/aromatic N) is 4. The van der Waals surface area contributed by atoms with E-state index in [0.29, 0.717) is 17.5 Å². The Morgan fingerprint density at radius 1 is 0.426 bits per heavy atom. The van der Waals surface area contributed by atoms with Crippen LogP contribution in [0.15, 0.2) is 138 Å². The zero-order valence-corrected chi connectivity index (χ0v) is 26.3. The van der Waals surface area contributed by atoms with Gasteiger partial charge in [-0.15, -0.1) is 22.7 Å². The van der Waals surface area contributed by atoms with Gasteiger partial charge in [0.1, 0.15) is 16.2 Å². The Bertz CT molecular complexity index is 2780. The summed E-state index contributed by atoms with van der Waals surface area (Å²) in [5.41, 5.74) is 6.65. The minimum Gasteiger partial charge on any atom is -0.456 e. The van der Waals surface area contributed by atoms with Gasteiger partial charge in [-0.3, -0.25) is 0 Å². The van der Waals surface area contributed by atoms with Crippen molar-refractivity contribution < 1.29 is 4.42 Å². The quantitative estimate of drug-likeness (QED) is 0.192. The topological polar surface area (TPSA) is 64.7 Å². The summed E-state index contributed by atoms with van der Waals surface area (Å²) in [5, 5.41) is 5.42. The molecule has 6 aromatic carbocycles. The highest BCUT2D eigenvalue weighted by molar-refractivity contribution is 7.26. The zero-order chi connectivity index (χ0) is 30.9.